The van der Waals surface area contributed by atoms with Crippen LogP contribution in [0.15, 0.2) is 42.5 Å². The van der Waals surface area contributed by atoms with Crippen molar-refractivity contribution in [3.63, 3.8) is 0 Å². The van der Waals surface area contributed by atoms with Gasteiger partial charge in [0.1, 0.15) is 5.82 Å². The number of para-hydroxylation sites is 2. The van der Waals surface area contributed by atoms with E-state index in [0.717, 1.165) is 34.0 Å². The molecule has 1 N–H and O–H groups in total. The van der Waals surface area contributed by atoms with Crippen molar-refractivity contribution in [2.45, 2.75) is 6.54 Å². The summed E-state index contributed by atoms with van der Waals surface area (Å²) in [5.41, 5.74) is 3.15. The van der Waals surface area contributed by atoms with Crippen molar-refractivity contribution >= 4 is 16.7 Å². The Bertz CT molecular complexity index is 810. The van der Waals surface area contributed by atoms with Crippen LogP contribution in [0.5, 0.6) is 11.5 Å². The zero-order valence-electron chi connectivity index (χ0n) is 11.7. The first kappa shape index (κ1) is 12.1. The maximum Gasteiger partial charge on any atom is 0.231 e. The van der Waals surface area contributed by atoms with Crippen molar-refractivity contribution in [2.24, 2.45) is 7.05 Å². The first-order chi connectivity index (χ1) is 10.3. The van der Waals surface area contributed by atoms with Crippen LogP contribution in [-0.2, 0) is 13.6 Å². The number of hydrogen-bond acceptors (Lipinski definition) is 4. The Labute approximate surface area is 122 Å². The molecule has 5 nitrogen and oxygen atoms in total. The Morgan fingerprint density at radius 3 is 2.90 bits per heavy atom. The molecule has 4 rings (SSSR count). The summed E-state index contributed by atoms with van der Waals surface area (Å²) in [7, 11) is 2.03. The van der Waals surface area contributed by atoms with E-state index in [1.165, 1.54) is 0 Å². The molecular weight excluding hydrogens is 266 g/mol. The van der Waals surface area contributed by atoms with Crippen molar-refractivity contribution in [3.05, 3.63) is 48.3 Å². The van der Waals surface area contributed by atoms with Gasteiger partial charge in [-0.15, -0.1) is 0 Å². The third-order valence-electron chi connectivity index (χ3n) is 3.70. The fourth-order valence-corrected chi connectivity index (χ4v) is 2.54. The van der Waals surface area contributed by atoms with Gasteiger partial charge in [-0.1, -0.05) is 12.1 Å². The first-order valence-corrected chi connectivity index (χ1v) is 6.85. The van der Waals surface area contributed by atoms with E-state index in [0.29, 0.717) is 13.3 Å². The van der Waals surface area contributed by atoms with E-state index in [4.69, 9.17) is 9.47 Å². The molecule has 0 fully saturated rings. The van der Waals surface area contributed by atoms with Gasteiger partial charge in [0, 0.05) is 18.8 Å². The average Bonchev–Trinajstić information content (AvgIpc) is 3.10. The number of aryl methyl sites for hydroxylation is 1. The second kappa shape index (κ2) is 4.70. The van der Waals surface area contributed by atoms with Gasteiger partial charge in [-0.2, -0.15) is 0 Å². The third kappa shape index (κ3) is 2.07. The first-order valence-electron chi connectivity index (χ1n) is 6.85. The molecule has 0 saturated heterocycles. The predicted octanol–water partition coefficient (Wildman–Crippen LogP) is 2.91. The van der Waals surface area contributed by atoms with Crippen molar-refractivity contribution in [3.8, 4) is 11.5 Å². The van der Waals surface area contributed by atoms with Gasteiger partial charge in [-0.3, -0.25) is 0 Å². The number of imidazole rings is 1. The van der Waals surface area contributed by atoms with Gasteiger partial charge in [0.05, 0.1) is 17.6 Å². The Kier molecular flexibility index (Phi) is 2.70. The highest BCUT2D eigenvalue weighted by molar-refractivity contribution is 5.75. The number of ether oxygens (including phenoxy) is 2. The lowest BCUT2D eigenvalue weighted by molar-refractivity contribution is 0.174. The smallest absolute Gasteiger partial charge is 0.231 e. The highest BCUT2D eigenvalue weighted by Crippen LogP contribution is 2.34. The topological polar surface area (TPSA) is 48.3 Å². The van der Waals surface area contributed by atoms with Gasteiger partial charge < -0.3 is 19.4 Å². The molecule has 1 aliphatic heterocycles. The van der Waals surface area contributed by atoms with Crippen LogP contribution >= 0.6 is 0 Å². The highest BCUT2D eigenvalue weighted by Gasteiger charge is 2.13. The quantitative estimate of drug-likeness (QED) is 0.802. The van der Waals surface area contributed by atoms with Crippen molar-refractivity contribution in [1.82, 2.24) is 9.55 Å². The molecule has 0 spiro atoms. The van der Waals surface area contributed by atoms with Crippen LogP contribution in [-0.4, -0.2) is 16.3 Å². The number of benzene rings is 2. The highest BCUT2D eigenvalue weighted by atomic mass is 16.7. The van der Waals surface area contributed by atoms with Crippen molar-refractivity contribution < 1.29 is 9.47 Å². The number of nitrogens with zero attached hydrogens (tertiary/aromatic N) is 2. The molecule has 106 valence electrons. The van der Waals surface area contributed by atoms with E-state index in [1.54, 1.807) is 0 Å². The summed E-state index contributed by atoms with van der Waals surface area (Å²) in [6.45, 7) is 0.953. The molecule has 0 unspecified atom stereocenters. The molecule has 1 aliphatic rings. The van der Waals surface area contributed by atoms with Crippen LogP contribution in [0.3, 0.4) is 0 Å². The summed E-state index contributed by atoms with van der Waals surface area (Å²) in [6.07, 6.45) is 0. The second-order valence-electron chi connectivity index (χ2n) is 5.00. The number of aromatic nitrogens is 2. The molecule has 0 saturated carbocycles. The number of nitrogens with one attached hydrogen (secondary N) is 1. The molecule has 0 amide bonds. The molecule has 2 heterocycles. The average molecular weight is 281 g/mol. The van der Waals surface area contributed by atoms with Gasteiger partial charge in [0.2, 0.25) is 6.79 Å². The van der Waals surface area contributed by atoms with E-state index in [2.05, 4.69) is 20.9 Å². The minimum atomic E-state index is 0.295. The van der Waals surface area contributed by atoms with Crippen LogP contribution in [0.2, 0.25) is 0 Å². The molecule has 21 heavy (non-hydrogen) atoms. The molecule has 0 radical (unpaired) electrons. The van der Waals surface area contributed by atoms with Crippen LogP contribution < -0.4 is 14.8 Å². The summed E-state index contributed by atoms with van der Waals surface area (Å²) in [6, 6.07) is 14.0. The summed E-state index contributed by atoms with van der Waals surface area (Å²) in [4.78, 5) is 4.64. The van der Waals surface area contributed by atoms with Gasteiger partial charge in [-0.25, -0.2) is 4.98 Å². The Morgan fingerprint density at radius 2 is 2.00 bits per heavy atom. The van der Waals surface area contributed by atoms with Crippen LogP contribution in [0.4, 0.5) is 5.69 Å². The molecule has 5 heteroatoms. The Morgan fingerprint density at radius 1 is 1.14 bits per heavy atom. The lowest BCUT2D eigenvalue weighted by Crippen LogP contribution is -2.05. The lowest BCUT2D eigenvalue weighted by atomic mass is 10.3. The predicted molar refractivity (Wildman–Crippen MR) is 80.6 cm³/mol. The summed E-state index contributed by atoms with van der Waals surface area (Å²) >= 11 is 0. The fourth-order valence-electron chi connectivity index (χ4n) is 2.54. The van der Waals surface area contributed by atoms with Crippen molar-refractivity contribution in [2.75, 3.05) is 12.1 Å². The number of anilines is 1. The lowest BCUT2D eigenvalue weighted by Gasteiger charge is -2.07. The van der Waals surface area contributed by atoms with E-state index in [-0.39, 0.29) is 0 Å². The van der Waals surface area contributed by atoms with E-state index in [1.807, 2.05) is 43.4 Å². The van der Waals surface area contributed by atoms with Crippen LogP contribution in [0.1, 0.15) is 5.82 Å². The fraction of sp³-hybridized carbons (Fsp3) is 0.188. The number of rotatable bonds is 3. The summed E-state index contributed by atoms with van der Waals surface area (Å²) < 4.78 is 12.8. The maximum absolute atomic E-state index is 5.38. The largest absolute Gasteiger partial charge is 0.454 e. The van der Waals surface area contributed by atoms with E-state index < -0.39 is 0 Å². The summed E-state index contributed by atoms with van der Waals surface area (Å²) in [5, 5.41) is 3.37. The number of fused-ring (bicyclic) bond motifs is 2. The van der Waals surface area contributed by atoms with Crippen molar-refractivity contribution in [1.29, 1.82) is 0 Å². The van der Waals surface area contributed by atoms with Gasteiger partial charge in [0.15, 0.2) is 11.5 Å². The van der Waals surface area contributed by atoms with Gasteiger partial charge in [0.25, 0.3) is 0 Å². The second-order valence-corrected chi connectivity index (χ2v) is 5.00. The Hall–Kier alpha value is -2.69. The molecule has 3 aromatic rings. The van der Waals surface area contributed by atoms with Gasteiger partial charge >= 0.3 is 0 Å². The molecule has 0 bridgehead atoms. The zero-order valence-corrected chi connectivity index (χ0v) is 11.7. The van der Waals surface area contributed by atoms with E-state index >= 15 is 0 Å². The standard InChI is InChI=1S/C16H15N3O2/c1-19-13-5-3-2-4-12(13)18-16(19)9-17-11-6-7-14-15(8-11)21-10-20-14/h2-8,17H,9-10H2,1H3. The monoisotopic (exact) mass is 281 g/mol. The molecule has 0 atom stereocenters. The molecule has 0 aliphatic carbocycles. The minimum absolute atomic E-state index is 0.295. The molecule has 1 aromatic heterocycles. The van der Waals surface area contributed by atoms with Gasteiger partial charge in [-0.05, 0) is 24.3 Å². The summed E-state index contributed by atoms with van der Waals surface area (Å²) in [5.74, 6) is 2.57. The molecular formula is C16H15N3O2. The minimum Gasteiger partial charge on any atom is -0.454 e. The Balaban J connectivity index is 1.57. The van der Waals surface area contributed by atoms with Crippen LogP contribution in [0, 0.1) is 0 Å². The third-order valence-corrected chi connectivity index (χ3v) is 3.70. The van der Waals surface area contributed by atoms with Crippen LogP contribution in [0.25, 0.3) is 11.0 Å². The normalized spacial score (nSPS) is 12.8. The zero-order chi connectivity index (χ0) is 14.2. The maximum atomic E-state index is 5.38. The number of hydrogen-bond donors (Lipinski definition) is 1. The van der Waals surface area contributed by atoms with E-state index in [9.17, 15) is 0 Å². The SMILES string of the molecule is Cn1c(CNc2ccc3c(c2)OCO3)nc2ccccc21. The molecule has 2 aromatic carbocycles.